The van der Waals surface area contributed by atoms with Gasteiger partial charge < -0.3 is 19.5 Å². The van der Waals surface area contributed by atoms with Crippen LogP contribution in [-0.4, -0.2) is 70.7 Å². The van der Waals surface area contributed by atoms with Crippen LogP contribution < -0.4 is 5.32 Å². The maximum atomic E-state index is 12.9. The zero-order valence-corrected chi connectivity index (χ0v) is 18.5. The lowest BCUT2D eigenvalue weighted by molar-refractivity contribution is -0.141. The van der Waals surface area contributed by atoms with E-state index in [0.29, 0.717) is 0 Å². The third-order valence-corrected chi connectivity index (χ3v) is 6.08. The highest BCUT2D eigenvalue weighted by atomic mass is 16.6. The standard InChI is InChI=1S/C24H22N4O7/c29-20(30)11-14-12-28(9-10-33-14)23(31)21-22(27-35-26-21)25-24(32)34-13-19-17-7-3-1-5-15(17)16-6-2-4-8-18(16)19/h1-8,14,19H,9-13H2,(H,29,30)(H,25,27,32). The topological polar surface area (TPSA) is 144 Å². The van der Waals surface area contributed by atoms with Gasteiger partial charge >= 0.3 is 12.1 Å². The number of aliphatic carboxylic acids is 1. The summed E-state index contributed by atoms with van der Waals surface area (Å²) in [7, 11) is 0. The van der Waals surface area contributed by atoms with E-state index in [-0.39, 0.29) is 50.2 Å². The number of fused-ring (bicyclic) bond motifs is 3. The van der Waals surface area contributed by atoms with E-state index < -0.39 is 24.1 Å². The Morgan fingerprint density at radius 3 is 2.43 bits per heavy atom. The molecule has 0 saturated carbocycles. The van der Waals surface area contributed by atoms with Crippen molar-refractivity contribution in [3.8, 4) is 11.1 Å². The molecule has 5 rings (SSSR count). The summed E-state index contributed by atoms with van der Waals surface area (Å²) in [5.74, 6) is -1.87. The molecule has 2 aromatic carbocycles. The minimum Gasteiger partial charge on any atom is -0.481 e. The molecule has 3 aromatic rings. The van der Waals surface area contributed by atoms with E-state index in [9.17, 15) is 14.4 Å². The average molecular weight is 478 g/mol. The first-order chi connectivity index (χ1) is 17.0. The molecule has 1 saturated heterocycles. The average Bonchev–Trinajstić information content (AvgIpc) is 3.44. The Kier molecular flexibility index (Phi) is 6.15. The first kappa shape index (κ1) is 22.5. The van der Waals surface area contributed by atoms with E-state index in [1.54, 1.807) is 0 Å². The van der Waals surface area contributed by atoms with Gasteiger partial charge in [-0.15, -0.1) is 0 Å². The first-order valence-electron chi connectivity index (χ1n) is 11.1. The van der Waals surface area contributed by atoms with Crippen LogP contribution >= 0.6 is 0 Å². The lowest BCUT2D eigenvalue weighted by atomic mass is 9.98. The molecule has 0 radical (unpaired) electrons. The van der Waals surface area contributed by atoms with Crippen molar-refractivity contribution < 1.29 is 33.6 Å². The molecule has 0 bridgehead atoms. The van der Waals surface area contributed by atoms with Crippen LogP contribution in [0.3, 0.4) is 0 Å². The molecule has 2 heterocycles. The molecule has 11 nitrogen and oxygen atoms in total. The first-order valence-corrected chi connectivity index (χ1v) is 11.1. The molecule has 1 aliphatic carbocycles. The second-order valence-corrected chi connectivity index (χ2v) is 8.25. The number of hydrogen-bond donors (Lipinski definition) is 2. The van der Waals surface area contributed by atoms with Crippen molar-refractivity contribution in [2.45, 2.75) is 18.4 Å². The molecule has 2 amide bonds. The van der Waals surface area contributed by atoms with Crippen molar-refractivity contribution in [3.63, 3.8) is 0 Å². The number of rotatable bonds is 6. The number of carboxylic acids is 1. The highest BCUT2D eigenvalue weighted by Gasteiger charge is 2.32. The monoisotopic (exact) mass is 478 g/mol. The van der Waals surface area contributed by atoms with Crippen LogP contribution in [0.4, 0.5) is 10.6 Å². The van der Waals surface area contributed by atoms with Crippen molar-refractivity contribution in [1.29, 1.82) is 0 Å². The smallest absolute Gasteiger partial charge is 0.412 e. The van der Waals surface area contributed by atoms with Crippen molar-refractivity contribution in [2.24, 2.45) is 0 Å². The summed E-state index contributed by atoms with van der Waals surface area (Å²) < 4.78 is 15.6. The molecule has 1 unspecified atom stereocenters. The molecule has 2 aliphatic rings. The van der Waals surface area contributed by atoms with Crippen LogP contribution in [-0.2, 0) is 14.3 Å². The van der Waals surface area contributed by atoms with Gasteiger partial charge in [0.1, 0.15) is 6.61 Å². The van der Waals surface area contributed by atoms with Crippen molar-refractivity contribution in [2.75, 3.05) is 31.6 Å². The summed E-state index contributed by atoms with van der Waals surface area (Å²) in [6.45, 7) is 0.591. The number of carbonyl (C=O) groups excluding carboxylic acids is 2. The Morgan fingerprint density at radius 1 is 1.06 bits per heavy atom. The second kappa shape index (κ2) is 9.55. The fraction of sp³-hybridized carbons (Fsp3) is 0.292. The normalized spacial score (nSPS) is 16.9. The van der Waals surface area contributed by atoms with Gasteiger partial charge in [-0.05, 0) is 32.6 Å². The number of anilines is 1. The summed E-state index contributed by atoms with van der Waals surface area (Å²) in [5.41, 5.74) is 4.16. The number of aromatic nitrogens is 2. The maximum Gasteiger partial charge on any atom is 0.412 e. The van der Waals surface area contributed by atoms with Crippen LogP contribution in [0.5, 0.6) is 0 Å². The molecule has 1 fully saturated rings. The molecule has 180 valence electrons. The molecule has 1 atom stereocenters. The van der Waals surface area contributed by atoms with E-state index in [1.807, 2.05) is 48.5 Å². The highest BCUT2D eigenvalue weighted by Crippen LogP contribution is 2.44. The summed E-state index contributed by atoms with van der Waals surface area (Å²) in [5, 5.41) is 18.6. The third-order valence-electron chi connectivity index (χ3n) is 6.08. The maximum absolute atomic E-state index is 12.9. The summed E-state index contributed by atoms with van der Waals surface area (Å²) in [6, 6.07) is 15.9. The summed E-state index contributed by atoms with van der Waals surface area (Å²) in [4.78, 5) is 37.8. The number of nitrogens with zero attached hydrogens (tertiary/aromatic N) is 3. The van der Waals surface area contributed by atoms with Gasteiger partial charge in [-0.3, -0.25) is 14.9 Å². The van der Waals surface area contributed by atoms with E-state index in [4.69, 9.17) is 14.6 Å². The number of nitrogens with one attached hydrogen (secondary N) is 1. The largest absolute Gasteiger partial charge is 0.481 e. The van der Waals surface area contributed by atoms with Crippen LogP contribution in [0.1, 0.15) is 34.0 Å². The van der Waals surface area contributed by atoms with Crippen LogP contribution in [0.2, 0.25) is 0 Å². The van der Waals surface area contributed by atoms with Gasteiger partial charge in [-0.2, -0.15) is 0 Å². The van der Waals surface area contributed by atoms with Crippen molar-refractivity contribution in [1.82, 2.24) is 15.2 Å². The Morgan fingerprint density at radius 2 is 1.74 bits per heavy atom. The predicted molar refractivity (Wildman–Crippen MR) is 121 cm³/mol. The molecular weight excluding hydrogens is 456 g/mol. The molecule has 1 aliphatic heterocycles. The van der Waals surface area contributed by atoms with Gasteiger partial charge in [0.15, 0.2) is 0 Å². The SMILES string of the molecule is O=C(O)CC1CN(C(=O)c2nonc2NC(=O)OCC2c3ccccc3-c3ccccc32)CCO1. The minimum atomic E-state index is -1.02. The fourth-order valence-corrected chi connectivity index (χ4v) is 4.51. The van der Waals surface area contributed by atoms with E-state index in [2.05, 4.69) is 20.3 Å². The summed E-state index contributed by atoms with van der Waals surface area (Å²) >= 11 is 0. The predicted octanol–water partition coefficient (Wildman–Crippen LogP) is 2.75. The number of benzene rings is 2. The van der Waals surface area contributed by atoms with E-state index in [0.717, 1.165) is 22.3 Å². The lowest BCUT2D eigenvalue weighted by Crippen LogP contribution is -2.46. The number of ether oxygens (including phenoxy) is 2. The fourth-order valence-electron chi connectivity index (χ4n) is 4.51. The highest BCUT2D eigenvalue weighted by molar-refractivity contribution is 5.99. The minimum absolute atomic E-state index is 0.0718. The van der Waals surface area contributed by atoms with Gasteiger partial charge in [0.2, 0.25) is 11.5 Å². The number of hydrogen-bond acceptors (Lipinski definition) is 8. The number of morpholine rings is 1. The molecule has 1 aromatic heterocycles. The number of carbonyl (C=O) groups is 3. The summed E-state index contributed by atoms with van der Waals surface area (Å²) in [6.07, 6.45) is -1.67. The Balaban J connectivity index is 1.23. The van der Waals surface area contributed by atoms with Crippen LogP contribution in [0.15, 0.2) is 53.2 Å². The van der Waals surface area contributed by atoms with Crippen LogP contribution in [0, 0.1) is 0 Å². The molecular formula is C24H22N4O7. The van der Waals surface area contributed by atoms with Gasteiger partial charge in [0, 0.05) is 19.0 Å². The van der Waals surface area contributed by atoms with Gasteiger partial charge in [-0.1, -0.05) is 48.5 Å². The van der Waals surface area contributed by atoms with Crippen LogP contribution in [0.25, 0.3) is 11.1 Å². The Hall–Kier alpha value is -4.25. The second-order valence-electron chi connectivity index (χ2n) is 8.25. The lowest BCUT2D eigenvalue weighted by Gasteiger charge is -2.31. The van der Waals surface area contributed by atoms with Crippen molar-refractivity contribution >= 4 is 23.8 Å². The van der Waals surface area contributed by atoms with Crippen molar-refractivity contribution in [3.05, 3.63) is 65.4 Å². The molecule has 35 heavy (non-hydrogen) atoms. The number of amides is 2. The number of carboxylic acid groups (broad SMARTS) is 1. The quantitative estimate of drug-likeness (QED) is 0.546. The molecule has 11 heteroatoms. The van der Waals surface area contributed by atoms with E-state index in [1.165, 1.54) is 4.90 Å². The Bertz CT molecular complexity index is 1230. The third kappa shape index (κ3) is 4.58. The van der Waals surface area contributed by atoms with Gasteiger partial charge in [-0.25, -0.2) is 9.42 Å². The zero-order chi connectivity index (χ0) is 24.4. The molecule has 2 N–H and O–H groups in total. The van der Waals surface area contributed by atoms with Gasteiger partial charge in [0.05, 0.1) is 19.1 Å². The Labute approximate surface area is 199 Å². The molecule has 0 spiro atoms. The van der Waals surface area contributed by atoms with Gasteiger partial charge in [0.25, 0.3) is 5.91 Å². The van der Waals surface area contributed by atoms with E-state index >= 15 is 0 Å². The zero-order valence-electron chi connectivity index (χ0n) is 18.5.